The third kappa shape index (κ3) is 21.0. The molecule has 19 nitrogen and oxygen atoms in total. The largest absolute Gasteiger partial charge is 0.462 e. The highest BCUT2D eigenvalue weighted by Crippen LogP contribution is 2.38. The van der Waals surface area contributed by atoms with Crippen LogP contribution in [-0.2, 0) is 28.5 Å². The van der Waals surface area contributed by atoms with E-state index in [1.54, 1.807) is 68.5 Å². The van der Waals surface area contributed by atoms with Gasteiger partial charge in [0.05, 0.1) is 86.0 Å². The van der Waals surface area contributed by atoms with Gasteiger partial charge >= 0.3 is 5.97 Å². The molecule has 380 valence electrons. The molecule has 9 unspecified atom stereocenters. The number of cyclic esters (lactones) is 1. The number of carbonyl (C=O) groups is 2. The van der Waals surface area contributed by atoms with Gasteiger partial charge in [-0.15, -0.1) is 0 Å². The summed E-state index contributed by atoms with van der Waals surface area (Å²) in [6.45, 7) is 4.94. The highest BCUT2D eigenvalue weighted by Gasteiger charge is 2.50. The number of nitrogens with two attached hydrogens (primary N) is 2. The summed E-state index contributed by atoms with van der Waals surface area (Å²) >= 11 is 0. The first-order valence-corrected chi connectivity index (χ1v) is 23.1. The van der Waals surface area contributed by atoms with Crippen LogP contribution < -0.4 is 16.8 Å². The summed E-state index contributed by atoms with van der Waals surface area (Å²) in [6.07, 6.45) is 5.71. The number of aliphatic hydroxyl groups is 10. The van der Waals surface area contributed by atoms with Crippen LogP contribution >= 0.6 is 0 Å². The van der Waals surface area contributed by atoms with E-state index in [9.17, 15) is 60.7 Å². The van der Waals surface area contributed by atoms with E-state index < -0.39 is 141 Å². The Morgan fingerprint density at radius 1 is 0.746 bits per heavy atom. The summed E-state index contributed by atoms with van der Waals surface area (Å²) in [5, 5.41) is 111. The fraction of sp³-hybridized carbons (Fsp3) is 0.667. The van der Waals surface area contributed by atoms with Crippen LogP contribution in [-0.4, -0.2) is 174 Å². The third-order valence-corrected chi connectivity index (χ3v) is 11.8. The van der Waals surface area contributed by atoms with Gasteiger partial charge < -0.3 is 86.8 Å². The quantitative estimate of drug-likeness (QED) is 0.154. The second kappa shape index (κ2) is 29.5. The molecule has 19 heteroatoms. The summed E-state index contributed by atoms with van der Waals surface area (Å²) in [4.78, 5) is 26.2. The van der Waals surface area contributed by atoms with Gasteiger partial charge in [-0.25, -0.2) is 0 Å². The molecule has 0 aromatic heterocycles. The molecule has 3 rings (SSSR count). The number of nitrogens with one attached hydrogen (secondary N) is 1. The molecule has 3 aliphatic rings. The number of allylic oxidation sites excluding steroid dienone is 12. The Hall–Kier alpha value is -3.48. The zero-order valence-corrected chi connectivity index (χ0v) is 38.8. The van der Waals surface area contributed by atoms with Crippen LogP contribution in [0.1, 0.15) is 78.6 Å². The number of rotatable bonds is 5. The molecule has 2 saturated heterocycles. The Bertz CT molecular complexity index is 1690. The lowest BCUT2D eigenvalue weighted by Crippen LogP contribution is -2.60. The number of carbonyl (C=O) groups excluding carboxylic acids is 2. The van der Waals surface area contributed by atoms with Crippen molar-refractivity contribution in [3.05, 3.63) is 85.1 Å². The van der Waals surface area contributed by atoms with Crippen LogP contribution in [0.25, 0.3) is 0 Å². The van der Waals surface area contributed by atoms with Crippen molar-refractivity contribution in [2.75, 3.05) is 13.2 Å². The van der Waals surface area contributed by atoms with Gasteiger partial charge in [-0.05, 0) is 33.1 Å². The number of amides is 1. The van der Waals surface area contributed by atoms with E-state index in [4.69, 9.17) is 30.4 Å². The minimum Gasteiger partial charge on any atom is -0.462 e. The van der Waals surface area contributed by atoms with Gasteiger partial charge in [0.25, 0.3) is 0 Å². The van der Waals surface area contributed by atoms with Crippen LogP contribution in [0.4, 0.5) is 0 Å². The van der Waals surface area contributed by atoms with Gasteiger partial charge in [0.15, 0.2) is 12.1 Å². The predicted octanol–water partition coefficient (Wildman–Crippen LogP) is -0.544. The van der Waals surface area contributed by atoms with Gasteiger partial charge in [0.1, 0.15) is 12.2 Å². The number of hydrogen-bond acceptors (Lipinski definition) is 18. The van der Waals surface area contributed by atoms with Crippen molar-refractivity contribution in [3.8, 4) is 0 Å². The van der Waals surface area contributed by atoms with Gasteiger partial charge in [0.2, 0.25) is 5.91 Å². The monoisotopic (exact) mass is 952 g/mol. The number of hydrogen-bond donors (Lipinski definition) is 13. The molecule has 2 fully saturated rings. The summed E-state index contributed by atoms with van der Waals surface area (Å²) in [7, 11) is 0. The summed E-state index contributed by atoms with van der Waals surface area (Å²) in [6, 6.07) is -1.61. The maximum Gasteiger partial charge on any atom is 0.308 e. The Kier molecular flexibility index (Phi) is 25.5. The first kappa shape index (κ1) is 57.8. The van der Waals surface area contributed by atoms with Crippen molar-refractivity contribution < 1.29 is 79.6 Å². The Morgan fingerprint density at radius 3 is 1.96 bits per heavy atom. The van der Waals surface area contributed by atoms with Crippen LogP contribution in [0.5, 0.6) is 0 Å². The maximum absolute atomic E-state index is 13.7. The van der Waals surface area contributed by atoms with Crippen molar-refractivity contribution in [2.45, 2.75) is 176 Å². The third-order valence-electron chi connectivity index (χ3n) is 11.8. The smallest absolute Gasteiger partial charge is 0.308 e. The second-order valence-corrected chi connectivity index (χ2v) is 18.0. The average Bonchev–Trinajstić information content (AvgIpc) is 3.24. The maximum atomic E-state index is 13.7. The Labute approximate surface area is 393 Å². The SMILES string of the molecule is CC(CN)NC(=O)C1[C@@H]2CC(O[C@@H]3OC[C@@H](O)[C@H](N)[C@@H]3O)/C=C/C=C/C=C/C=C/C=C/C=C/C=C/[C@H](C)[C@@H](O)C[C@H](C)OC(=O)CC(O)CC(O)CCC(O)C(O)CC(O)CC(O)(C[C@@H]1O)O2. The number of aliphatic hydroxyl groups excluding tert-OH is 9. The highest BCUT2D eigenvalue weighted by atomic mass is 16.7. The van der Waals surface area contributed by atoms with Crippen molar-refractivity contribution in [3.63, 3.8) is 0 Å². The van der Waals surface area contributed by atoms with Crippen molar-refractivity contribution in [1.82, 2.24) is 5.32 Å². The van der Waals surface area contributed by atoms with E-state index in [-0.39, 0.29) is 51.2 Å². The second-order valence-electron chi connectivity index (χ2n) is 18.0. The number of ether oxygens (including phenoxy) is 4. The molecule has 0 aliphatic carbocycles. The predicted molar refractivity (Wildman–Crippen MR) is 247 cm³/mol. The molecule has 3 aliphatic heterocycles. The molecule has 15 N–H and O–H groups in total. The average molecular weight is 952 g/mol. The minimum absolute atomic E-state index is 0.0769. The Balaban J connectivity index is 1.90. The first-order valence-electron chi connectivity index (χ1n) is 23.1. The van der Waals surface area contributed by atoms with E-state index in [0.717, 1.165) is 0 Å². The standard InChI is InChI=1S/C48H77N3O16/c1-29-16-14-12-10-8-6-4-5-7-9-11-13-15-17-35(66-47-45(61)44(50)40(59)28-64-47)24-41-43(46(62)51-30(2)27-49)39(58)26-48(63,67-41)25-34(54)22-38(57)36(55)19-18-32(52)21-33(53)23-42(60)65-31(3)20-37(29)56/h4-17,29-41,43-45,47,52-59,61,63H,18-28,49-50H2,1-3H3,(H,51,62)/b5-4+,8-6+,9-7+,12-10+,13-11+,16-14+,17-15+/t29-,30?,31-,32?,33?,34?,35?,36?,37-,38?,39-,40+,41-,43?,44-,45-,47-,48?/m0/s1. The molecule has 1 amide bonds. The lowest BCUT2D eigenvalue weighted by Gasteiger charge is -2.46. The van der Waals surface area contributed by atoms with E-state index in [2.05, 4.69) is 5.32 Å². The lowest BCUT2D eigenvalue weighted by atomic mass is 9.82. The number of fused-ring (bicyclic) bond motifs is 2. The normalized spacial score (nSPS) is 42.7. The highest BCUT2D eigenvalue weighted by molar-refractivity contribution is 5.80. The van der Waals surface area contributed by atoms with Gasteiger partial charge in [-0.2, -0.15) is 0 Å². The molecule has 0 spiro atoms. The molecule has 2 bridgehead atoms. The van der Waals surface area contributed by atoms with Crippen LogP contribution in [0.3, 0.4) is 0 Å². The molecular weight excluding hydrogens is 875 g/mol. The number of esters is 1. The first-order chi connectivity index (χ1) is 31.7. The van der Waals surface area contributed by atoms with Crippen molar-refractivity contribution in [1.29, 1.82) is 0 Å². The topological polar surface area (TPSA) is 337 Å². The van der Waals surface area contributed by atoms with Crippen molar-refractivity contribution >= 4 is 11.9 Å². The molecule has 67 heavy (non-hydrogen) atoms. The van der Waals surface area contributed by atoms with Crippen LogP contribution in [0, 0.1) is 11.8 Å². The van der Waals surface area contributed by atoms with Gasteiger partial charge in [0, 0.05) is 50.6 Å². The van der Waals surface area contributed by atoms with Gasteiger partial charge in [-0.1, -0.05) is 92.0 Å². The fourth-order valence-electron chi connectivity index (χ4n) is 7.91. The van der Waals surface area contributed by atoms with Crippen LogP contribution in [0.2, 0.25) is 0 Å². The van der Waals surface area contributed by atoms with Crippen molar-refractivity contribution in [2.24, 2.45) is 23.3 Å². The van der Waals surface area contributed by atoms with Crippen LogP contribution in [0.15, 0.2) is 85.1 Å². The molecule has 3 heterocycles. The summed E-state index contributed by atoms with van der Waals surface area (Å²) in [5.74, 6) is -5.19. The minimum atomic E-state index is -2.27. The summed E-state index contributed by atoms with van der Waals surface area (Å²) < 4.78 is 23.2. The molecular formula is C48H77N3O16. The molecule has 0 aromatic rings. The summed E-state index contributed by atoms with van der Waals surface area (Å²) in [5.41, 5.74) is 11.8. The molecule has 0 aromatic carbocycles. The van der Waals surface area contributed by atoms with E-state index in [1.807, 2.05) is 37.3 Å². The molecule has 18 atom stereocenters. The zero-order chi connectivity index (χ0) is 49.7. The lowest BCUT2D eigenvalue weighted by molar-refractivity contribution is -0.304. The van der Waals surface area contributed by atoms with Gasteiger partial charge in [-0.3, -0.25) is 9.59 Å². The van der Waals surface area contributed by atoms with E-state index in [1.165, 1.54) is 0 Å². The fourth-order valence-corrected chi connectivity index (χ4v) is 7.91. The molecule has 0 radical (unpaired) electrons. The van der Waals surface area contributed by atoms with E-state index in [0.29, 0.717) is 0 Å². The Morgan fingerprint density at radius 2 is 1.34 bits per heavy atom. The van der Waals surface area contributed by atoms with E-state index >= 15 is 0 Å². The molecule has 0 saturated carbocycles. The zero-order valence-electron chi connectivity index (χ0n) is 38.8.